The zero-order valence-corrected chi connectivity index (χ0v) is 18.9. The van der Waals surface area contributed by atoms with Crippen molar-refractivity contribution in [2.75, 3.05) is 18.4 Å². The number of anilines is 1. The van der Waals surface area contributed by atoms with Gasteiger partial charge in [-0.05, 0) is 56.5 Å². The third kappa shape index (κ3) is 5.52. The SMILES string of the molecule is Cc1noc(C)c1COc1ccccc1C(=O)NCc1cccc(NC(=O)N2CCCC2)c1. The number of carbonyl (C=O) groups is 2. The average molecular weight is 449 g/mol. The van der Waals surface area contributed by atoms with Crippen LogP contribution in [0.15, 0.2) is 53.1 Å². The van der Waals surface area contributed by atoms with E-state index in [9.17, 15) is 9.59 Å². The van der Waals surface area contributed by atoms with Crippen LogP contribution in [0.1, 0.15) is 45.8 Å². The summed E-state index contributed by atoms with van der Waals surface area (Å²) < 4.78 is 11.1. The molecule has 1 saturated heterocycles. The van der Waals surface area contributed by atoms with E-state index in [1.54, 1.807) is 18.2 Å². The van der Waals surface area contributed by atoms with Crippen LogP contribution in [0.3, 0.4) is 0 Å². The number of aromatic nitrogens is 1. The van der Waals surface area contributed by atoms with Crippen molar-refractivity contribution in [3.63, 3.8) is 0 Å². The molecular weight excluding hydrogens is 420 g/mol. The zero-order chi connectivity index (χ0) is 23.2. The summed E-state index contributed by atoms with van der Waals surface area (Å²) in [5.74, 6) is 0.948. The molecule has 2 aromatic carbocycles. The van der Waals surface area contributed by atoms with E-state index in [4.69, 9.17) is 9.26 Å². The molecular formula is C25H28N4O4. The van der Waals surface area contributed by atoms with Crippen molar-refractivity contribution in [2.24, 2.45) is 0 Å². The fourth-order valence-electron chi connectivity index (χ4n) is 3.80. The maximum absolute atomic E-state index is 12.9. The minimum atomic E-state index is -0.240. The smallest absolute Gasteiger partial charge is 0.321 e. The van der Waals surface area contributed by atoms with Crippen molar-refractivity contribution in [3.8, 4) is 5.75 Å². The lowest BCUT2D eigenvalue weighted by Crippen LogP contribution is -2.32. The van der Waals surface area contributed by atoms with Gasteiger partial charge >= 0.3 is 6.03 Å². The summed E-state index contributed by atoms with van der Waals surface area (Å²) in [5, 5.41) is 9.80. The van der Waals surface area contributed by atoms with Gasteiger partial charge in [-0.2, -0.15) is 0 Å². The average Bonchev–Trinajstić information content (AvgIpc) is 3.47. The summed E-state index contributed by atoms with van der Waals surface area (Å²) >= 11 is 0. The van der Waals surface area contributed by atoms with E-state index in [0.29, 0.717) is 29.3 Å². The van der Waals surface area contributed by atoms with Gasteiger partial charge in [0.05, 0.1) is 16.8 Å². The molecule has 3 aromatic rings. The van der Waals surface area contributed by atoms with Crippen molar-refractivity contribution >= 4 is 17.6 Å². The minimum Gasteiger partial charge on any atom is -0.488 e. The molecule has 0 unspecified atom stereocenters. The first-order valence-electron chi connectivity index (χ1n) is 11.1. The van der Waals surface area contributed by atoms with E-state index in [2.05, 4.69) is 15.8 Å². The highest BCUT2D eigenvalue weighted by molar-refractivity contribution is 5.97. The molecule has 1 aliphatic rings. The third-order valence-electron chi connectivity index (χ3n) is 5.71. The number of rotatable bonds is 7. The normalized spacial score (nSPS) is 13.1. The second kappa shape index (κ2) is 10.2. The fourth-order valence-corrected chi connectivity index (χ4v) is 3.80. The number of hydrogen-bond acceptors (Lipinski definition) is 5. The number of nitrogens with zero attached hydrogens (tertiary/aromatic N) is 2. The Bertz CT molecular complexity index is 1120. The molecule has 3 amide bonds. The monoisotopic (exact) mass is 448 g/mol. The lowest BCUT2D eigenvalue weighted by Gasteiger charge is -2.16. The molecule has 4 rings (SSSR count). The lowest BCUT2D eigenvalue weighted by atomic mass is 10.1. The number of likely N-dealkylation sites (tertiary alicyclic amines) is 1. The highest BCUT2D eigenvalue weighted by Crippen LogP contribution is 2.22. The topological polar surface area (TPSA) is 96.7 Å². The Morgan fingerprint density at radius 1 is 1.09 bits per heavy atom. The number of urea groups is 1. The third-order valence-corrected chi connectivity index (χ3v) is 5.71. The maximum atomic E-state index is 12.9. The van der Waals surface area contributed by atoms with E-state index in [1.807, 2.05) is 49.1 Å². The molecule has 172 valence electrons. The summed E-state index contributed by atoms with van der Waals surface area (Å²) in [7, 11) is 0. The molecule has 33 heavy (non-hydrogen) atoms. The molecule has 0 atom stereocenters. The van der Waals surface area contributed by atoms with Crippen molar-refractivity contribution in [3.05, 3.63) is 76.7 Å². The quantitative estimate of drug-likeness (QED) is 0.557. The Labute approximate surface area is 192 Å². The van der Waals surface area contributed by atoms with E-state index < -0.39 is 0 Å². The first-order chi connectivity index (χ1) is 16.0. The molecule has 0 aliphatic carbocycles. The maximum Gasteiger partial charge on any atom is 0.321 e. The minimum absolute atomic E-state index is 0.0851. The summed E-state index contributed by atoms with van der Waals surface area (Å²) in [4.78, 5) is 27.0. The molecule has 2 N–H and O–H groups in total. The van der Waals surface area contributed by atoms with E-state index in [-0.39, 0.29) is 18.5 Å². The van der Waals surface area contributed by atoms with Gasteiger partial charge in [0.15, 0.2) is 0 Å². The lowest BCUT2D eigenvalue weighted by molar-refractivity contribution is 0.0946. The van der Waals surface area contributed by atoms with Gasteiger partial charge < -0.3 is 24.8 Å². The fraction of sp³-hybridized carbons (Fsp3) is 0.320. The number of para-hydroxylation sites is 1. The van der Waals surface area contributed by atoms with Gasteiger partial charge in [0.2, 0.25) is 0 Å². The van der Waals surface area contributed by atoms with Gasteiger partial charge in [0.1, 0.15) is 18.1 Å². The second-order valence-electron chi connectivity index (χ2n) is 8.09. The van der Waals surface area contributed by atoms with Gasteiger partial charge in [-0.15, -0.1) is 0 Å². The van der Waals surface area contributed by atoms with E-state index >= 15 is 0 Å². The number of nitrogens with one attached hydrogen (secondary N) is 2. The Morgan fingerprint density at radius 3 is 2.64 bits per heavy atom. The van der Waals surface area contributed by atoms with Crippen molar-refractivity contribution in [2.45, 2.75) is 39.8 Å². The van der Waals surface area contributed by atoms with Crippen LogP contribution in [-0.2, 0) is 13.2 Å². The number of aryl methyl sites for hydroxylation is 2. The van der Waals surface area contributed by atoms with Gasteiger partial charge in [-0.25, -0.2) is 4.79 Å². The molecule has 0 radical (unpaired) electrons. The summed E-state index contributed by atoms with van der Waals surface area (Å²) in [6, 6.07) is 14.5. The molecule has 1 aliphatic heterocycles. The van der Waals surface area contributed by atoms with Crippen LogP contribution in [-0.4, -0.2) is 35.1 Å². The predicted octanol–water partition coefficient (Wildman–Crippen LogP) is 4.43. The van der Waals surface area contributed by atoms with Gasteiger partial charge in [-0.3, -0.25) is 4.79 Å². The summed E-state index contributed by atoms with van der Waals surface area (Å²) in [6.07, 6.45) is 2.09. The number of carbonyl (C=O) groups excluding carboxylic acids is 2. The van der Waals surface area contributed by atoms with Crippen LogP contribution in [0.25, 0.3) is 0 Å². The van der Waals surface area contributed by atoms with Gasteiger partial charge in [0.25, 0.3) is 5.91 Å². The van der Waals surface area contributed by atoms with Crippen LogP contribution in [0.5, 0.6) is 5.75 Å². The number of amides is 3. The first-order valence-corrected chi connectivity index (χ1v) is 11.1. The Kier molecular flexibility index (Phi) is 6.92. The Morgan fingerprint density at radius 2 is 1.88 bits per heavy atom. The molecule has 8 nitrogen and oxygen atoms in total. The molecule has 1 aromatic heterocycles. The standard InChI is InChI=1S/C25H28N4O4/c1-17-22(18(2)33-28-17)16-32-23-11-4-3-10-21(23)24(30)26-15-19-8-7-9-20(14-19)27-25(31)29-12-5-6-13-29/h3-4,7-11,14H,5-6,12-13,15-16H2,1-2H3,(H,26,30)(H,27,31). The summed E-state index contributed by atoms with van der Waals surface area (Å²) in [6.45, 7) is 5.86. The van der Waals surface area contributed by atoms with Gasteiger partial charge in [0, 0.05) is 25.3 Å². The Hall–Kier alpha value is -3.81. The summed E-state index contributed by atoms with van der Waals surface area (Å²) in [5.41, 5.74) is 3.69. The molecule has 0 saturated carbocycles. The van der Waals surface area contributed by atoms with E-state index in [0.717, 1.165) is 42.8 Å². The molecule has 0 bridgehead atoms. The van der Waals surface area contributed by atoms with Crippen LogP contribution in [0, 0.1) is 13.8 Å². The van der Waals surface area contributed by atoms with Crippen molar-refractivity contribution < 1.29 is 18.8 Å². The predicted molar refractivity (Wildman–Crippen MR) is 124 cm³/mol. The Balaban J connectivity index is 1.36. The van der Waals surface area contributed by atoms with Crippen LogP contribution in [0.2, 0.25) is 0 Å². The van der Waals surface area contributed by atoms with Crippen molar-refractivity contribution in [1.29, 1.82) is 0 Å². The molecule has 1 fully saturated rings. The van der Waals surface area contributed by atoms with Crippen LogP contribution >= 0.6 is 0 Å². The van der Waals surface area contributed by atoms with Crippen molar-refractivity contribution in [1.82, 2.24) is 15.4 Å². The van der Waals surface area contributed by atoms with Crippen LogP contribution in [0.4, 0.5) is 10.5 Å². The van der Waals surface area contributed by atoms with Crippen LogP contribution < -0.4 is 15.4 Å². The highest BCUT2D eigenvalue weighted by Gasteiger charge is 2.18. The number of ether oxygens (including phenoxy) is 1. The van der Waals surface area contributed by atoms with E-state index in [1.165, 1.54) is 0 Å². The highest BCUT2D eigenvalue weighted by atomic mass is 16.5. The second-order valence-corrected chi connectivity index (χ2v) is 8.09. The largest absolute Gasteiger partial charge is 0.488 e. The first kappa shape index (κ1) is 22.4. The number of hydrogen-bond donors (Lipinski definition) is 2. The van der Waals surface area contributed by atoms with Gasteiger partial charge in [-0.1, -0.05) is 29.4 Å². The zero-order valence-electron chi connectivity index (χ0n) is 18.9. The molecule has 8 heteroatoms. The molecule has 2 heterocycles. The number of benzene rings is 2. The molecule has 0 spiro atoms.